The molecular formula is C22H23N5O2. The van der Waals surface area contributed by atoms with Crippen molar-refractivity contribution >= 4 is 17.1 Å². The Morgan fingerprint density at radius 2 is 2.00 bits per heavy atom. The van der Waals surface area contributed by atoms with Gasteiger partial charge in [-0.2, -0.15) is 5.26 Å². The molecule has 1 aromatic heterocycles. The zero-order valence-electron chi connectivity index (χ0n) is 16.2. The maximum atomic E-state index is 8.92. The van der Waals surface area contributed by atoms with Gasteiger partial charge in [0.05, 0.1) is 18.9 Å². The van der Waals surface area contributed by atoms with Gasteiger partial charge in [0.1, 0.15) is 17.5 Å². The first kappa shape index (κ1) is 20.0. The summed E-state index contributed by atoms with van der Waals surface area (Å²) in [6.07, 6.45) is 7.36. The molecule has 1 aliphatic rings. The number of oxazole rings is 1. The summed E-state index contributed by atoms with van der Waals surface area (Å²) in [5.41, 5.74) is 16.4. The number of hydrogen-bond acceptors (Lipinski definition) is 7. The van der Waals surface area contributed by atoms with Crippen LogP contribution in [0, 0.1) is 16.7 Å². The van der Waals surface area contributed by atoms with Crippen LogP contribution in [0.3, 0.4) is 0 Å². The van der Waals surface area contributed by atoms with Crippen molar-refractivity contribution in [2.45, 2.75) is 25.7 Å². The highest BCUT2D eigenvalue weighted by atomic mass is 16.5. The molecule has 0 saturated carbocycles. The summed E-state index contributed by atoms with van der Waals surface area (Å²) in [4.78, 5) is 3.74. The molecule has 148 valence electrons. The van der Waals surface area contributed by atoms with E-state index in [9.17, 15) is 0 Å². The van der Waals surface area contributed by atoms with E-state index >= 15 is 0 Å². The number of fused-ring (bicyclic) bond motifs is 1. The monoisotopic (exact) mass is 389 g/mol. The molecule has 0 bridgehead atoms. The van der Waals surface area contributed by atoms with Gasteiger partial charge in [0.25, 0.3) is 0 Å². The smallest absolute Gasteiger partial charge is 0.181 e. The minimum atomic E-state index is 0.178. The van der Waals surface area contributed by atoms with E-state index in [1.54, 1.807) is 25.3 Å². The van der Waals surface area contributed by atoms with Crippen LogP contribution < -0.4 is 16.2 Å². The van der Waals surface area contributed by atoms with Crippen LogP contribution in [0.2, 0.25) is 0 Å². The Bertz CT molecular complexity index is 1050. The average molecular weight is 389 g/mol. The van der Waals surface area contributed by atoms with Gasteiger partial charge >= 0.3 is 0 Å². The molecule has 1 aliphatic carbocycles. The number of aromatic nitrogens is 1. The fourth-order valence-corrected chi connectivity index (χ4v) is 3.38. The van der Waals surface area contributed by atoms with E-state index < -0.39 is 0 Å². The van der Waals surface area contributed by atoms with Crippen molar-refractivity contribution in [3.8, 4) is 11.8 Å². The number of nitrogen functional groups attached to an aromatic ring is 2. The highest BCUT2D eigenvalue weighted by Crippen LogP contribution is 2.32. The maximum Gasteiger partial charge on any atom is 0.181 e. The number of benzene rings is 2. The molecule has 1 heterocycles. The normalized spacial score (nSPS) is 12.1. The highest BCUT2D eigenvalue weighted by Gasteiger charge is 2.16. The number of anilines is 2. The fourth-order valence-electron chi connectivity index (χ4n) is 3.38. The van der Waals surface area contributed by atoms with E-state index in [0.29, 0.717) is 28.3 Å². The van der Waals surface area contributed by atoms with Crippen molar-refractivity contribution in [2.75, 3.05) is 18.6 Å². The minimum absolute atomic E-state index is 0.178. The van der Waals surface area contributed by atoms with E-state index in [1.807, 2.05) is 6.07 Å². The number of nitrogens with two attached hydrogens (primary N) is 2. The zero-order valence-corrected chi connectivity index (χ0v) is 16.2. The number of nitrogens with zero attached hydrogens (tertiary/aromatic N) is 2. The van der Waals surface area contributed by atoms with Crippen molar-refractivity contribution in [2.24, 2.45) is 0 Å². The highest BCUT2D eigenvalue weighted by molar-refractivity contribution is 6.12. The quantitative estimate of drug-likeness (QED) is 0.462. The first-order valence-electron chi connectivity index (χ1n) is 9.26. The van der Waals surface area contributed by atoms with Crippen molar-refractivity contribution in [1.29, 1.82) is 10.7 Å². The molecule has 0 fully saturated rings. The molecule has 2 aromatic carbocycles. The second-order valence-corrected chi connectivity index (χ2v) is 6.69. The first-order valence-corrected chi connectivity index (χ1v) is 9.26. The molecule has 0 atom stereocenters. The summed E-state index contributed by atoms with van der Waals surface area (Å²) in [6, 6.07) is 11.1. The molecule has 0 radical (unpaired) electrons. The van der Waals surface area contributed by atoms with Gasteiger partial charge in [-0.1, -0.05) is 6.07 Å². The number of nitrogens with one attached hydrogen (secondary N) is 1. The van der Waals surface area contributed by atoms with Gasteiger partial charge < -0.3 is 20.6 Å². The van der Waals surface area contributed by atoms with E-state index in [2.05, 4.69) is 17.1 Å². The predicted octanol–water partition coefficient (Wildman–Crippen LogP) is 3.70. The Labute approximate surface area is 169 Å². The second kappa shape index (κ2) is 8.93. The van der Waals surface area contributed by atoms with Crippen molar-refractivity contribution in [3.05, 3.63) is 70.9 Å². The number of aryl methyl sites for hydroxylation is 1. The lowest BCUT2D eigenvalue weighted by atomic mass is 9.89. The lowest BCUT2D eigenvalue weighted by Crippen LogP contribution is -2.06. The molecule has 5 N–H and O–H groups in total. The van der Waals surface area contributed by atoms with E-state index in [-0.39, 0.29) is 5.71 Å². The predicted molar refractivity (Wildman–Crippen MR) is 112 cm³/mol. The topological polar surface area (TPSA) is 135 Å². The summed E-state index contributed by atoms with van der Waals surface area (Å²) < 4.78 is 10.3. The van der Waals surface area contributed by atoms with E-state index in [1.165, 1.54) is 36.6 Å². The van der Waals surface area contributed by atoms with Crippen LogP contribution in [0.15, 0.2) is 47.3 Å². The Morgan fingerprint density at radius 1 is 1.21 bits per heavy atom. The molecule has 0 spiro atoms. The van der Waals surface area contributed by atoms with Crippen LogP contribution in [-0.2, 0) is 12.8 Å². The van der Waals surface area contributed by atoms with Crippen LogP contribution in [-0.4, -0.2) is 17.8 Å². The molecule has 29 heavy (non-hydrogen) atoms. The zero-order chi connectivity index (χ0) is 20.8. The number of rotatable bonds is 3. The maximum absolute atomic E-state index is 8.92. The third-order valence-corrected chi connectivity index (χ3v) is 4.83. The Kier molecular flexibility index (Phi) is 6.15. The third-order valence-electron chi connectivity index (χ3n) is 4.83. The van der Waals surface area contributed by atoms with Gasteiger partial charge in [0, 0.05) is 16.9 Å². The lowest BCUT2D eigenvalue weighted by molar-refractivity contribution is 0.405. The lowest BCUT2D eigenvalue weighted by Gasteiger charge is -2.19. The van der Waals surface area contributed by atoms with Crippen molar-refractivity contribution in [1.82, 2.24) is 4.98 Å². The van der Waals surface area contributed by atoms with Gasteiger partial charge in [0.2, 0.25) is 0 Å². The van der Waals surface area contributed by atoms with Crippen LogP contribution in [0.25, 0.3) is 0 Å². The van der Waals surface area contributed by atoms with E-state index in [4.69, 9.17) is 31.3 Å². The van der Waals surface area contributed by atoms with Crippen molar-refractivity contribution < 1.29 is 9.15 Å². The van der Waals surface area contributed by atoms with Gasteiger partial charge in [-0.3, -0.25) is 5.41 Å². The molecular weight excluding hydrogens is 366 g/mol. The first-order chi connectivity index (χ1) is 14.0. The van der Waals surface area contributed by atoms with Crippen molar-refractivity contribution in [3.63, 3.8) is 0 Å². The fraction of sp³-hybridized carbons (Fsp3) is 0.227. The average Bonchev–Trinajstić information content (AvgIpc) is 3.29. The second-order valence-electron chi connectivity index (χ2n) is 6.69. The molecule has 3 aromatic rings. The van der Waals surface area contributed by atoms with Crippen LogP contribution in [0.1, 0.15) is 40.9 Å². The molecule has 4 rings (SSSR count). The molecule has 0 aliphatic heterocycles. The van der Waals surface area contributed by atoms with Gasteiger partial charge in [0.15, 0.2) is 12.2 Å². The summed E-state index contributed by atoms with van der Waals surface area (Å²) in [5.74, 6) is 1.16. The summed E-state index contributed by atoms with van der Waals surface area (Å²) >= 11 is 0. The van der Waals surface area contributed by atoms with Gasteiger partial charge in [-0.15, -0.1) is 0 Å². The Balaban J connectivity index is 0.000000166. The molecule has 7 heteroatoms. The summed E-state index contributed by atoms with van der Waals surface area (Å²) in [6.45, 7) is 0. The van der Waals surface area contributed by atoms with Crippen LogP contribution >= 0.6 is 0 Å². The molecule has 7 nitrogen and oxygen atoms in total. The summed E-state index contributed by atoms with van der Waals surface area (Å²) in [7, 11) is 1.64. The van der Waals surface area contributed by atoms with Crippen LogP contribution in [0.5, 0.6) is 5.75 Å². The SMILES string of the molecule is COc1c(C#N)ccc2c1CCCC2.N=C(c1cnco1)c1cc(N)ccc1N. The largest absolute Gasteiger partial charge is 0.495 e. The van der Waals surface area contributed by atoms with Gasteiger partial charge in [-0.05, 0) is 61.1 Å². The molecule has 0 saturated heterocycles. The number of ether oxygens (including phenoxy) is 1. The van der Waals surface area contributed by atoms with Gasteiger partial charge in [-0.25, -0.2) is 4.98 Å². The standard InChI is InChI=1S/C12H13NO.C10H10N4O/c1-14-12-10(8-13)7-6-9-4-2-3-5-11(9)12;11-6-1-2-8(12)7(3-6)10(13)9-4-14-5-15-9/h6-7H,2-5H2,1H3;1-5,13H,11-12H2. The number of hydrogen-bond donors (Lipinski definition) is 3. The van der Waals surface area contributed by atoms with Crippen LogP contribution in [0.4, 0.5) is 11.4 Å². The molecule has 0 amide bonds. The number of nitriles is 1. The Hall–Kier alpha value is -3.79. The minimum Gasteiger partial charge on any atom is -0.495 e. The third kappa shape index (κ3) is 4.38. The number of methoxy groups -OCH3 is 1. The van der Waals surface area contributed by atoms with E-state index in [0.717, 1.165) is 18.6 Å². The Morgan fingerprint density at radius 3 is 2.69 bits per heavy atom. The molecule has 0 unspecified atom stereocenters. The summed E-state index contributed by atoms with van der Waals surface area (Å²) in [5, 5.41) is 16.8.